The van der Waals surface area contributed by atoms with Crippen molar-refractivity contribution >= 4 is 0 Å². The van der Waals surface area contributed by atoms with E-state index in [2.05, 4.69) is 17.0 Å². The molecule has 1 aromatic rings. The van der Waals surface area contributed by atoms with Crippen LogP contribution >= 0.6 is 0 Å². The zero-order valence-corrected chi connectivity index (χ0v) is 8.31. The molecule has 0 aliphatic heterocycles. The minimum atomic E-state index is 0.787. The van der Waals surface area contributed by atoms with Crippen LogP contribution in [0.25, 0.3) is 0 Å². The van der Waals surface area contributed by atoms with Gasteiger partial charge in [0.15, 0.2) is 0 Å². The van der Waals surface area contributed by atoms with E-state index in [0.29, 0.717) is 0 Å². The molecule has 1 rings (SSSR count). The average molecular weight is 183 g/mol. The van der Waals surface area contributed by atoms with E-state index in [0.717, 1.165) is 26.2 Å². The molecule has 0 aliphatic rings. The molecule has 0 aliphatic carbocycles. The minimum Gasteiger partial charge on any atom is -0.383 e. The molecule has 0 atom stereocenters. The van der Waals surface area contributed by atoms with Crippen molar-refractivity contribution in [1.29, 1.82) is 0 Å². The Morgan fingerprint density at radius 2 is 2.31 bits per heavy atom. The van der Waals surface area contributed by atoms with E-state index in [1.165, 1.54) is 0 Å². The van der Waals surface area contributed by atoms with Crippen molar-refractivity contribution in [3.63, 3.8) is 0 Å². The molecule has 1 heterocycles. The predicted molar refractivity (Wildman–Crippen MR) is 51.6 cm³/mol. The van der Waals surface area contributed by atoms with Crippen molar-refractivity contribution in [3.8, 4) is 0 Å². The number of likely N-dealkylation sites (N-methyl/N-ethyl adjacent to an activating group) is 1. The Morgan fingerprint density at radius 3 is 2.92 bits per heavy atom. The summed E-state index contributed by atoms with van der Waals surface area (Å²) in [6.07, 6.45) is 3.78. The molecule has 4 nitrogen and oxygen atoms in total. The molecule has 0 saturated heterocycles. The van der Waals surface area contributed by atoms with Crippen LogP contribution in [-0.2, 0) is 11.3 Å². The SMILES string of the molecule is COCCN(C)CCn1cccn1. The summed E-state index contributed by atoms with van der Waals surface area (Å²) < 4.78 is 6.92. The van der Waals surface area contributed by atoms with E-state index in [1.54, 1.807) is 13.3 Å². The Kier molecular flexibility index (Phi) is 4.49. The molecule has 0 unspecified atom stereocenters. The number of methoxy groups -OCH3 is 1. The second kappa shape index (κ2) is 5.72. The summed E-state index contributed by atoms with van der Waals surface area (Å²) in [6.45, 7) is 3.70. The summed E-state index contributed by atoms with van der Waals surface area (Å²) >= 11 is 0. The van der Waals surface area contributed by atoms with Gasteiger partial charge in [0.05, 0.1) is 13.2 Å². The number of nitrogens with zero attached hydrogens (tertiary/aromatic N) is 3. The third-order valence-electron chi connectivity index (χ3n) is 1.95. The molecule has 13 heavy (non-hydrogen) atoms. The Bertz CT molecular complexity index is 211. The number of aromatic nitrogens is 2. The van der Waals surface area contributed by atoms with Gasteiger partial charge in [0.1, 0.15) is 0 Å². The molecule has 0 fully saturated rings. The second-order valence-electron chi connectivity index (χ2n) is 3.07. The maximum atomic E-state index is 4.99. The van der Waals surface area contributed by atoms with Gasteiger partial charge in [0.2, 0.25) is 0 Å². The zero-order valence-electron chi connectivity index (χ0n) is 8.31. The summed E-state index contributed by atoms with van der Waals surface area (Å²) in [5, 5.41) is 4.13. The predicted octanol–water partition coefficient (Wildman–Crippen LogP) is 0.461. The topological polar surface area (TPSA) is 30.3 Å². The van der Waals surface area contributed by atoms with Gasteiger partial charge in [-0.2, -0.15) is 5.10 Å². The summed E-state index contributed by atoms with van der Waals surface area (Å²) in [4.78, 5) is 2.23. The van der Waals surface area contributed by atoms with E-state index in [1.807, 2.05) is 16.9 Å². The standard InChI is InChI=1S/C9H17N3O/c1-11(8-9-13-2)6-7-12-5-3-4-10-12/h3-5H,6-9H2,1-2H3. The van der Waals surface area contributed by atoms with Crippen molar-refractivity contribution in [1.82, 2.24) is 14.7 Å². The molecule has 0 amide bonds. The first-order valence-electron chi connectivity index (χ1n) is 4.48. The Hall–Kier alpha value is -0.870. The first kappa shape index (κ1) is 10.2. The fourth-order valence-corrected chi connectivity index (χ4v) is 1.06. The molecule has 1 aromatic heterocycles. The molecule has 0 N–H and O–H groups in total. The normalized spacial score (nSPS) is 11.0. The Morgan fingerprint density at radius 1 is 1.46 bits per heavy atom. The van der Waals surface area contributed by atoms with Crippen LogP contribution in [0.3, 0.4) is 0 Å². The van der Waals surface area contributed by atoms with Gasteiger partial charge in [-0.3, -0.25) is 4.68 Å². The lowest BCUT2D eigenvalue weighted by molar-refractivity contribution is 0.159. The van der Waals surface area contributed by atoms with Gasteiger partial charge in [0, 0.05) is 32.6 Å². The lowest BCUT2D eigenvalue weighted by Gasteiger charge is -2.15. The van der Waals surface area contributed by atoms with Crippen molar-refractivity contribution in [2.45, 2.75) is 6.54 Å². The number of hydrogen-bond donors (Lipinski definition) is 0. The number of rotatable bonds is 6. The van der Waals surface area contributed by atoms with Gasteiger partial charge in [0.25, 0.3) is 0 Å². The third-order valence-corrected chi connectivity index (χ3v) is 1.95. The summed E-state index contributed by atoms with van der Waals surface area (Å²) in [5.41, 5.74) is 0. The van der Waals surface area contributed by atoms with E-state index < -0.39 is 0 Å². The van der Waals surface area contributed by atoms with E-state index >= 15 is 0 Å². The van der Waals surface area contributed by atoms with Crippen LogP contribution in [-0.4, -0.2) is 48.5 Å². The molecule has 4 heteroatoms. The summed E-state index contributed by atoms with van der Waals surface area (Å²) in [6, 6.07) is 1.94. The molecule has 0 bridgehead atoms. The van der Waals surface area contributed by atoms with Crippen LogP contribution in [0.4, 0.5) is 0 Å². The first-order valence-corrected chi connectivity index (χ1v) is 4.48. The van der Waals surface area contributed by atoms with Gasteiger partial charge in [-0.25, -0.2) is 0 Å². The summed E-state index contributed by atoms with van der Waals surface area (Å²) in [5.74, 6) is 0. The minimum absolute atomic E-state index is 0.787. The quantitative estimate of drug-likeness (QED) is 0.642. The maximum absolute atomic E-state index is 4.99. The monoisotopic (exact) mass is 183 g/mol. The number of hydrogen-bond acceptors (Lipinski definition) is 3. The highest BCUT2D eigenvalue weighted by Crippen LogP contribution is 1.88. The van der Waals surface area contributed by atoms with Gasteiger partial charge < -0.3 is 9.64 Å². The molecule has 0 saturated carbocycles. The molecule has 0 aromatic carbocycles. The highest BCUT2D eigenvalue weighted by atomic mass is 16.5. The maximum Gasteiger partial charge on any atom is 0.0589 e. The summed E-state index contributed by atoms with van der Waals surface area (Å²) in [7, 11) is 3.81. The Balaban J connectivity index is 2.11. The van der Waals surface area contributed by atoms with Crippen molar-refractivity contribution in [2.24, 2.45) is 0 Å². The van der Waals surface area contributed by atoms with Gasteiger partial charge in [-0.1, -0.05) is 0 Å². The lowest BCUT2D eigenvalue weighted by Crippen LogP contribution is -2.26. The molecule has 0 radical (unpaired) electrons. The zero-order chi connectivity index (χ0) is 9.52. The van der Waals surface area contributed by atoms with Gasteiger partial charge >= 0.3 is 0 Å². The molecular weight excluding hydrogens is 166 g/mol. The van der Waals surface area contributed by atoms with Crippen molar-refractivity contribution in [3.05, 3.63) is 18.5 Å². The van der Waals surface area contributed by atoms with Crippen LogP contribution in [0.5, 0.6) is 0 Å². The molecule has 74 valence electrons. The smallest absolute Gasteiger partial charge is 0.0589 e. The fourth-order valence-electron chi connectivity index (χ4n) is 1.06. The van der Waals surface area contributed by atoms with Crippen molar-refractivity contribution in [2.75, 3.05) is 33.9 Å². The van der Waals surface area contributed by atoms with Gasteiger partial charge in [-0.05, 0) is 13.1 Å². The fraction of sp³-hybridized carbons (Fsp3) is 0.667. The molecular formula is C9H17N3O. The van der Waals surface area contributed by atoms with Crippen LogP contribution in [0.15, 0.2) is 18.5 Å². The van der Waals surface area contributed by atoms with Crippen LogP contribution in [0, 0.1) is 0 Å². The van der Waals surface area contributed by atoms with Gasteiger partial charge in [-0.15, -0.1) is 0 Å². The largest absolute Gasteiger partial charge is 0.383 e. The van der Waals surface area contributed by atoms with Crippen LogP contribution in [0.2, 0.25) is 0 Å². The highest BCUT2D eigenvalue weighted by Gasteiger charge is 1.97. The second-order valence-corrected chi connectivity index (χ2v) is 3.07. The first-order chi connectivity index (χ1) is 6.33. The van der Waals surface area contributed by atoms with Crippen LogP contribution in [0.1, 0.15) is 0 Å². The van der Waals surface area contributed by atoms with E-state index in [-0.39, 0.29) is 0 Å². The Labute approximate surface area is 79.1 Å². The van der Waals surface area contributed by atoms with Crippen molar-refractivity contribution < 1.29 is 4.74 Å². The lowest BCUT2D eigenvalue weighted by atomic mass is 10.5. The van der Waals surface area contributed by atoms with E-state index in [9.17, 15) is 0 Å². The average Bonchev–Trinajstić information content (AvgIpc) is 2.64. The number of ether oxygens (including phenoxy) is 1. The van der Waals surface area contributed by atoms with Crippen LogP contribution < -0.4 is 0 Å². The highest BCUT2D eigenvalue weighted by molar-refractivity contribution is 4.77. The molecule has 0 spiro atoms. The van der Waals surface area contributed by atoms with E-state index in [4.69, 9.17) is 4.74 Å². The third kappa shape index (κ3) is 4.05.